The normalized spacial score (nSPS) is 11.2. The van der Waals surface area contributed by atoms with E-state index in [1.807, 2.05) is 20.8 Å². The highest BCUT2D eigenvalue weighted by molar-refractivity contribution is 5.72. The Hall–Kier alpha value is -1.14. The molecule has 17 heavy (non-hydrogen) atoms. The first-order chi connectivity index (χ1) is 7.87. The summed E-state index contributed by atoms with van der Waals surface area (Å²) in [5.74, 6) is -1.69. The van der Waals surface area contributed by atoms with Gasteiger partial charge >= 0.3 is 11.9 Å². The molecule has 0 unspecified atom stereocenters. The average molecular weight is 248 g/mol. The third kappa shape index (κ3) is 9.77. The fourth-order valence-electron chi connectivity index (χ4n) is 1.14. The molecule has 0 aliphatic carbocycles. The Labute approximate surface area is 101 Å². The van der Waals surface area contributed by atoms with Crippen molar-refractivity contribution in [2.45, 2.75) is 32.8 Å². The van der Waals surface area contributed by atoms with E-state index in [1.54, 1.807) is 0 Å². The largest absolute Gasteiger partial charge is 0.480 e. The predicted molar refractivity (Wildman–Crippen MR) is 59.7 cm³/mol. The fraction of sp³-hybridized carbons (Fsp3) is 0.818. The minimum atomic E-state index is -1.12. The Morgan fingerprint density at radius 1 is 1.24 bits per heavy atom. The number of hydrogen-bond donors (Lipinski definition) is 1. The van der Waals surface area contributed by atoms with E-state index in [-0.39, 0.29) is 18.8 Å². The SMILES string of the molecule is CCOC(C)(C)CCOC(=O)COCC(=O)O. The zero-order chi connectivity index (χ0) is 13.3. The van der Waals surface area contributed by atoms with Crippen LogP contribution in [0.15, 0.2) is 0 Å². The maximum atomic E-state index is 11.1. The van der Waals surface area contributed by atoms with Crippen LogP contribution in [0.4, 0.5) is 0 Å². The van der Waals surface area contributed by atoms with Gasteiger partial charge in [-0.2, -0.15) is 0 Å². The summed E-state index contributed by atoms with van der Waals surface area (Å²) in [5.41, 5.74) is -0.336. The highest BCUT2D eigenvalue weighted by Crippen LogP contribution is 2.13. The summed E-state index contributed by atoms with van der Waals surface area (Å²) in [5, 5.41) is 8.27. The minimum Gasteiger partial charge on any atom is -0.480 e. The summed E-state index contributed by atoms with van der Waals surface area (Å²) in [4.78, 5) is 21.2. The number of ether oxygens (including phenoxy) is 3. The van der Waals surface area contributed by atoms with Gasteiger partial charge in [0, 0.05) is 13.0 Å². The molecule has 0 saturated carbocycles. The third-order valence-corrected chi connectivity index (χ3v) is 1.95. The summed E-state index contributed by atoms with van der Waals surface area (Å²) in [6, 6.07) is 0. The number of carboxylic acids is 1. The predicted octanol–water partition coefficient (Wildman–Crippen LogP) is 0.836. The van der Waals surface area contributed by atoms with E-state index in [1.165, 1.54) is 0 Å². The number of carboxylic acid groups (broad SMARTS) is 1. The molecule has 1 N–H and O–H groups in total. The number of carbonyl (C=O) groups is 2. The van der Waals surface area contributed by atoms with Gasteiger partial charge in [0.2, 0.25) is 0 Å². The van der Waals surface area contributed by atoms with Crippen LogP contribution in [-0.4, -0.2) is 49.1 Å². The maximum absolute atomic E-state index is 11.1. The van der Waals surface area contributed by atoms with Gasteiger partial charge in [-0.25, -0.2) is 9.59 Å². The third-order valence-electron chi connectivity index (χ3n) is 1.95. The van der Waals surface area contributed by atoms with Crippen molar-refractivity contribution >= 4 is 11.9 Å². The van der Waals surface area contributed by atoms with Gasteiger partial charge in [-0.1, -0.05) is 0 Å². The molecule has 100 valence electrons. The first-order valence-electron chi connectivity index (χ1n) is 5.46. The van der Waals surface area contributed by atoms with Crippen molar-refractivity contribution < 1.29 is 28.9 Å². The molecule has 0 aromatic carbocycles. The summed E-state index contributed by atoms with van der Waals surface area (Å²) >= 11 is 0. The Balaban J connectivity index is 3.60. The molecule has 0 radical (unpaired) electrons. The number of hydrogen-bond acceptors (Lipinski definition) is 5. The van der Waals surface area contributed by atoms with Crippen LogP contribution >= 0.6 is 0 Å². The Morgan fingerprint density at radius 2 is 1.88 bits per heavy atom. The Morgan fingerprint density at radius 3 is 2.41 bits per heavy atom. The molecule has 0 aliphatic heterocycles. The lowest BCUT2D eigenvalue weighted by molar-refractivity contribution is -0.153. The van der Waals surface area contributed by atoms with Crippen molar-refractivity contribution in [3.63, 3.8) is 0 Å². The molecule has 0 bridgehead atoms. The van der Waals surface area contributed by atoms with Gasteiger partial charge in [0.1, 0.15) is 13.2 Å². The molecule has 0 spiro atoms. The van der Waals surface area contributed by atoms with Crippen LogP contribution in [0.1, 0.15) is 27.2 Å². The van der Waals surface area contributed by atoms with Gasteiger partial charge in [0.05, 0.1) is 12.2 Å². The smallest absolute Gasteiger partial charge is 0.332 e. The molecule has 0 atom stereocenters. The van der Waals surface area contributed by atoms with Gasteiger partial charge in [0.15, 0.2) is 0 Å². The molecule has 0 aliphatic rings. The zero-order valence-electron chi connectivity index (χ0n) is 10.5. The quantitative estimate of drug-likeness (QED) is 0.609. The molecule has 0 rings (SSSR count). The van der Waals surface area contributed by atoms with Crippen LogP contribution < -0.4 is 0 Å². The second-order valence-corrected chi connectivity index (χ2v) is 4.05. The number of carbonyl (C=O) groups excluding carboxylic acids is 1. The molecule has 0 heterocycles. The van der Waals surface area contributed by atoms with Crippen LogP contribution in [0.3, 0.4) is 0 Å². The number of esters is 1. The summed E-state index contributed by atoms with van der Waals surface area (Å²) in [7, 11) is 0. The van der Waals surface area contributed by atoms with Crippen molar-refractivity contribution in [3.8, 4) is 0 Å². The van der Waals surface area contributed by atoms with Crippen LogP contribution in [0, 0.1) is 0 Å². The first kappa shape index (κ1) is 15.9. The topological polar surface area (TPSA) is 82.1 Å². The number of aliphatic carboxylic acids is 1. The summed E-state index contributed by atoms with van der Waals surface area (Å²) in [6.07, 6.45) is 0.575. The van der Waals surface area contributed by atoms with Gasteiger partial charge in [-0.15, -0.1) is 0 Å². The molecule has 0 fully saturated rings. The Kier molecular flexibility index (Phi) is 7.49. The highest BCUT2D eigenvalue weighted by atomic mass is 16.6. The second kappa shape index (κ2) is 8.03. The second-order valence-electron chi connectivity index (χ2n) is 4.05. The van der Waals surface area contributed by atoms with E-state index in [4.69, 9.17) is 14.6 Å². The van der Waals surface area contributed by atoms with Crippen LogP contribution in [0.2, 0.25) is 0 Å². The van der Waals surface area contributed by atoms with E-state index in [0.29, 0.717) is 13.0 Å². The molecular formula is C11H20O6. The van der Waals surface area contributed by atoms with Gasteiger partial charge < -0.3 is 19.3 Å². The lowest BCUT2D eigenvalue weighted by Gasteiger charge is -2.24. The molecule has 0 aromatic rings. The minimum absolute atomic E-state index is 0.224. The van der Waals surface area contributed by atoms with E-state index >= 15 is 0 Å². The van der Waals surface area contributed by atoms with Gasteiger partial charge in [-0.3, -0.25) is 0 Å². The van der Waals surface area contributed by atoms with E-state index < -0.39 is 18.5 Å². The molecule has 6 heteroatoms. The van der Waals surface area contributed by atoms with E-state index in [2.05, 4.69) is 4.74 Å². The summed E-state index contributed by atoms with van der Waals surface area (Å²) < 4.78 is 14.9. The monoisotopic (exact) mass is 248 g/mol. The van der Waals surface area contributed by atoms with Crippen LogP contribution in [-0.2, 0) is 23.8 Å². The average Bonchev–Trinajstić information content (AvgIpc) is 2.16. The molecule has 6 nitrogen and oxygen atoms in total. The summed E-state index contributed by atoms with van der Waals surface area (Å²) in [6.45, 7) is 5.69. The zero-order valence-corrected chi connectivity index (χ0v) is 10.5. The molecule has 0 saturated heterocycles. The van der Waals surface area contributed by atoms with Crippen molar-refractivity contribution in [3.05, 3.63) is 0 Å². The maximum Gasteiger partial charge on any atom is 0.332 e. The number of rotatable bonds is 9. The highest BCUT2D eigenvalue weighted by Gasteiger charge is 2.18. The van der Waals surface area contributed by atoms with Gasteiger partial charge in [-0.05, 0) is 20.8 Å². The van der Waals surface area contributed by atoms with Crippen molar-refractivity contribution in [1.29, 1.82) is 0 Å². The van der Waals surface area contributed by atoms with Gasteiger partial charge in [0.25, 0.3) is 0 Å². The van der Waals surface area contributed by atoms with Crippen LogP contribution in [0.5, 0.6) is 0 Å². The van der Waals surface area contributed by atoms with Crippen molar-refractivity contribution in [2.24, 2.45) is 0 Å². The molecule has 0 amide bonds. The van der Waals surface area contributed by atoms with Crippen LogP contribution in [0.25, 0.3) is 0 Å². The lowest BCUT2D eigenvalue weighted by atomic mass is 10.1. The molecule has 0 aromatic heterocycles. The van der Waals surface area contributed by atoms with Crippen molar-refractivity contribution in [1.82, 2.24) is 0 Å². The standard InChI is InChI=1S/C11H20O6/c1-4-17-11(2,3)5-6-16-10(14)8-15-7-9(12)13/h4-8H2,1-3H3,(H,12,13). The fourth-order valence-corrected chi connectivity index (χ4v) is 1.14. The lowest BCUT2D eigenvalue weighted by Crippen LogP contribution is -2.27. The van der Waals surface area contributed by atoms with Crippen molar-refractivity contribution in [2.75, 3.05) is 26.4 Å². The Bertz CT molecular complexity index is 248. The van der Waals surface area contributed by atoms with E-state index in [9.17, 15) is 9.59 Å². The van der Waals surface area contributed by atoms with E-state index in [0.717, 1.165) is 0 Å². The first-order valence-corrected chi connectivity index (χ1v) is 5.46. The molecular weight excluding hydrogens is 228 g/mol.